The zero-order valence-corrected chi connectivity index (χ0v) is 11.2. The maximum atomic E-state index is 11.9. The summed E-state index contributed by atoms with van der Waals surface area (Å²) in [4.78, 5) is 16.2. The first-order valence-corrected chi connectivity index (χ1v) is 6.44. The molecule has 0 unspecified atom stereocenters. The van der Waals surface area contributed by atoms with E-state index in [-0.39, 0.29) is 5.56 Å². The Morgan fingerprint density at radius 1 is 1.30 bits per heavy atom. The lowest BCUT2D eigenvalue weighted by atomic mass is 10.2. The summed E-state index contributed by atoms with van der Waals surface area (Å²) in [5.41, 5.74) is 1.79. The quantitative estimate of drug-likeness (QED) is 0.787. The van der Waals surface area contributed by atoms with Crippen molar-refractivity contribution in [1.29, 1.82) is 0 Å². The summed E-state index contributed by atoms with van der Waals surface area (Å²) >= 11 is 0. The van der Waals surface area contributed by atoms with E-state index in [0.29, 0.717) is 17.7 Å². The molecular formula is C15H15N3O2. The number of benzene rings is 1. The molecule has 0 bridgehead atoms. The Kier molecular flexibility index (Phi) is 3.25. The number of nitrogens with zero attached hydrogens (tertiary/aromatic N) is 2. The van der Waals surface area contributed by atoms with Gasteiger partial charge >= 0.3 is 0 Å². The maximum absolute atomic E-state index is 11.9. The van der Waals surface area contributed by atoms with Crippen molar-refractivity contribution in [2.45, 2.75) is 13.0 Å². The number of hydrogen-bond donors (Lipinski definition) is 1. The van der Waals surface area contributed by atoms with Crippen molar-refractivity contribution in [3.8, 4) is 5.75 Å². The number of nitrogens with one attached hydrogen (secondary N) is 1. The van der Waals surface area contributed by atoms with Crippen LogP contribution in [0.15, 0.2) is 47.4 Å². The van der Waals surface area contributed by atoms with Crippen LogP contribution in [0.2, 0.25) is 0 Å². The summed E-state index contributed by atoms with van der Waals surface area (Å²) in [6.45, 7) is 0.683. The second kappa shape index (κ2) is 5.21. The van der Waals surface area contributed by atoms with Gasteiger partial charge in [0.15, 0.2) is 0 Å². The monoisotopic (exact) mass is 269 g/mol. The van der Waals surface area contributed by atoms with E-state index in [2.05, 4.69) is 10.1 Å². The number of H-pyrrole nitrogens is 1. The lowest BCUT2D eigenvalue weighted by Gasteiger charge is -2.05. The number of fused-ring (bicyclic) bond motifs is 1. The molecule has 2 heterocycles. The minimum Gasteiger partial charge on any atom is -0.497 e. The Bertz CT molecular complexity index is 775. The van der Waals surface area contributed by atoms with Crippen LogP contribution in [-0.4, -0.2) is 21.9 Å². The fraction of sp³-hybridized carbons (Fsp3) is 0.200. The van der Waals surface area contributed by atoms with E-state index < -0.39 is 0 Å². The molecular weight excluding hydrogens is 254 g/mol. The van der Waals surface area contributed by atoms with Gasteiger partial charge in [-0.05, 0) is 30.3 Å². The van der Waals surface area contributed by atoms with Gasteiger partial charge in [-0.2, -0.15) is 0 Å². The first-order chi connectivity index (χ1) is 9.78. The van der Waals surface area contributed by atoms with Crippen molar-refractivity contribution in [2.75, 3.05) is 7.11 Å². The Balaban J connectivity index is 1.91. The molecule has 5 nitrogen and oxygen atoms in total. The van der Waals surface area contributed by atoms with E-state index in [1.807, 2.05) is 35.0 Å². The molecule has 102 valence electrons. The SMILES string of the molecule is COc1ccc2c(c1)c(=O)[nH]n2CCc1ccccn1. The summed E-state index contributed by atoms with van der Waals surface area (Å²) < 4.78 is 7.00. The van der Waals surface area contributed by atoms with Crippen molar-refractivity contribution >= 4 is 10.9 Å². The number of aryl methyl sites for hydroxylation is 2. The summed E-state index contributed by atoms with van der Waals surface area (Å²) in [6.07, 6.45) is 2.54. The molecule has 0 fully saturated rings. The zero-order valence-electron chi connectivity index (χ0n) is 11.2. The number of ether oxygens (including phenoxy) is 1. The lowest BCUT2D eigenvalue weighted by molar-refractivity contribution is 0.415. The molecule has 1 aromatic carbocycles. The zero-order chi connectivity index (χ0) is 13.9. The average Bonchev–Trinajstić information content (AvgIpc) is 2.82. The van der Waals surface area contributed by atoms with E-state index in [1.54, 1.807) is 19.4 Å². The molecule has 0 aliphatic carbocycles. The molecule has 0 spiro atoms. The molecule has 3 aromatic rings. The van der Waals surface area contributed by atoms with Gasteiger partial charge in [-0.15, -0.1) is 0 Å². The first-order valence-electron chi connectivity index (χ1n) is 6.44. The van der Waals surface area contributed by atoms with Gasteiger partial charge in [0.05, 0.1) is 18.0 Å². The van der Waals surface area contributed by atoms with Crippen LogP contribution in [0.3, 0.4) is 0 Å². The topological polar surface area (TPSA) is 59.9 Å². The highest BCUT2D eigenvalue weighted by Crippen LogP contribution is 2.17. The average molecular weight is 269 g/mol. The smallest absolute Gasteiger partial charge is 0.272 e. The number of rotatable bonds is 4. The fourth-order valence-electron chi connectivity index (χ4n) is 2.25. The Labute approximate surface area is 115 Å². The third kappa shape index (κ3) is 2.30. The predicted molar refractivity (Wildman–Crippen MR) is 77.1 cm³/mol. The van der Waals surface area contributed by atoms with E-state index in [0.717, 1.165) is 17.6 Å². The van der Waals surface area contributed by atoms with Crippen LogP contribution >= 0.6 is 0 Å². The highest BCUT2D eigenvalue weighted by molar-refractivity contribution is 5.80. The van der Waals surface area contributed by atoms with Gasteiger partial charge in [0.25, 0.3) is 5.56 Å². The summed E-state index contributed by atoms with van der Waals surface area (Å²) in [5.74, 6) is 0.686. The molecule has 0 atom stereocenters. The number of hydrogen-bond acceptors (Lipinski definition) is 3. The molecule has 0 amide bonds. The fourth-order valence-corrected chi connectivity index (χ4v) is 2.25. The second-order valence-corrected chi connectivity index (χ2v) is 4.55. The van der Waals surface area contributed by atoms with Gasteiger partial charge in [0, 0.05) is 24.9 Å². The van der Waals surface area contributed by atoms with Gasteiger partial charge in [-0.25, -0.2) is 0 Å². The summed E-state index contributed by atoms with van der Waals surface area (Å²) in [5, 5.41) is 3.50. The number of methoxy groups -OCH3 is 1. The van der Waals surface area contributed by atoms with Gasteiger partial charge in [-0.3, -0.25) is 19.6 Å². The highest BCUT2D eigenvalue weighted by Gasteiger charge is 2.07. The Hall–Kier alpha value is -2.56. The molecule has 2 aromatic heterocycles. The highest BCUT2D eigenvalue weighted by atomic mass is 16.5. The predicted octanol–water partition coefficient (Wildman–Crippen LogP) is 1.98. The molecule has 0 saturated heterocycles. The van der Waals surface area contributed by atoms with Gasteiger partial charge in [0.2, 0.25) is 0 Å². The number of pyridine rings is 1. The van der Waals surface area contributed by atoms with Crippen molar-refractivity contribution in [3.05, 3.63) is 58.6 Å². The van der Waals surface area contributed by atoms with Crippen LogP contribution in [0, 0.1) is 0 Å². The largest absolute Gasteiger partial charge is 0.497 e. The van der Waals surface area contributed by atoms with E-state index >= 15 is 0 Å². The molecule has 0 radical (unpaired) electrons. The number of aromatic amines is 1. The van der Waals surface area contributed by atoms with Gasteiger partial charge < -0.3 is 4.74 Å². The second-order valence-electron chi connectivity index (χ2n) is 4.55. The Morgan fingerprint density at radius 2 is 2.20 bits per heavy atom. The molecule has 0 aliphatic rings. The minimum atomic E-state index is -0.0973. The van der Waals surface area contributed by atoms with Crippen LogP contribution in [-0.2, 0) is 13.0 Å². The molecule has 20 heavy (non-hydrogen) atoms. The van der Waals surface area contributed by atoms with E-state index in [9.17, 15) is 4.79 Å². The van der Waals surface area contributed by atoms with Crippen LogP contribution in [0.5, 0.6) is 5.75 Å². The van der Waals surface area contributed by atoms with Crippen LogP contribution in [0.1, 0.15) is 5.69 Å². The van der Waals surface area contributed by atoms with Gasteiger partial charge in [-0.1, -0.05) is 6.07 Å². The lowest BCUT2D eigenvalue weighted by Crippen LogP contribution is -2.08. The van der Waals surface area contributed by atoms with Crippen molar-refractivity contribution in [2.24, 2.45) is 0 Å². The molecule has 3 rings (SSSR count). The van der Waals surface area contributed by atoms with Crippen molar-refractivity contribution in [3.63, 3.8) is 0 Å². The van der Waals surface area contributed by atoms with Crippen LogP contribution < -0.4 is 10.3 Å². The van der Waals surface area contributed by atoms with Crippen molar-refractivity contribution < 1.29 is 4.74 Å². The standard InChI is InChI=1S/C15H15N3O2/c1-20-12-5-6-14-13(10-12)15(19)17-18(14)9-7-11-4-2-3-8-16-11/h2-6,8,10H,7,9H2,1H3,(H,17,19). The summed E-state index contributed by atoms with van der Waals surface area (Å²) in [7, 11) is 1.59. The first kappa shape index (κ1) is 12.5. The molecule has 5 heteroatoms. The van der Waals surface area contributed by atoms with E-state index in [1.165, 1.54) is 0 Å². The van der Waals surface area contributed by atoms with Crippen LogP contribution in [0.25, 0.3) is 10.9 Å². The Morgan fingerprint density at radius 3 is 2.95 bits per heavy atom. The third-order valence-electron chi connectivity index (χ3n) is 3.29. The molecule has 0 saturated carbocycles. The normalized spacial score (nSPS) is 10.8. The van der Waals surface area contributed by atoms with Crippen LogP contribution in [0.4, 0.5) is 0 Å². The maximum Gasteiger partial charge on any atom is 0.272 e. The number of aromatic nitrogens is 3. The molecule has 0 aliphatic heterocycles. The van der Waals surface area contributed by atoms with E-state index in [4.69, 9.17) is 4.74 Å². The van der Waals surface area contributed by atoms with Gasteiger partial charge in [0.1, 0.15) is 5.75 Å². The minimum absolute atomic E-state index is 0.0973. The van der Waals surface area contributed by atoms with Crippen molar-refractivity contribution in [1.82, 2.24) is 14.8 Å². The molecule has 1 N–H and O–H groups in total. The third-order valence-corrected chi connectivity index (χ3v) is 3.29. The summed E-state index contributed by atoms with van der Waals surface area (Å²) in [6, 6.07) is 11.3.